The zero-order valence-corrected chi connectivity index (χ0v) is 12.8. The van der Waals surface area contributed by atoms with Gasteiger partial charge in [-0.2, -0.15) is 0 Å². The maximum absolute atomic E-state index is 11.2. The Morgan fingerprint density at radius 3 is 2.74 bits per heavy atom. The predicted molar refractivity (Wildman–Crippen MR) is 77.5 cm³/mol. The van der Waals surface area contributed by atoms with E-state index < -0.39 is 10.8 Å². The van der Waals surface area contributed by atoms with E-state index in [0.29, 0.717) is 6.61 Å². The first-order valence-corrected chi connectivity index (χ1v) is 7.39. The summed E-state index contributed by atoms with van der Waals surface area (Å²) >= 11 is 3.24. The number of aliphatic carboxylic acids is 1. The van der Waals surface area contributed by atoms with Gasteiger partial charge in [0.25, 0.3) is 0 Å². The highest BCUT2D eigenvalue weighted by atomic mass is 79.9. The Morgan fingerprint density at radius 2 is 2.16 bits per heavy atom. The van der Waals surface area contributed by atoms with Crippen LogP contribution in [0.5, 0.6) is 0 Å². The second kappa shape index (κ2) is 5.63. The third kappa shape index (κ3) is 3.37. The number of halogens is 1. The van der Waals surface area contributed by atoms with Gasteiger partial charge in [-0.25, -0.2) is 0 Å². The summed E-state index contributed by atoms with van der Waals surface area (Å²) in [5.74, 6) is -0.872. The van der Waals surface area contributed by atoms with Crippen molar-refractivity contribution in [2.75, 3.05) is 6.61 Å². The SMILES string of the molecule is CC1(C)CCC(c2ccccc2C(Br)C(=O)O)OC1. The molecule has 1 aromatic rings. The minimum atomic E-state index is -0.872. The van der Waals surface area contributed by atoms with E-state index in [1.807, 2.05) is 24.3 Å². The third-order valence-corrected chi connectivity index (χ3v) is 4.48. The maximum Gasteiger partial charge on any atom is 0.321 e. The van der Waals surface area contributed by atoms with Crippen molar-refractivity contribution in [3.63, 3.8) is 0 Å². The fourth-order valence-electron chi connectivity index (χ4n) is 2.42. The van der Waals surface area contributed by atoms with Crippen LogP contribution >= 0.6 is 15.9 Å². The highest BCUT2D eigenvalue weighted by Crippen LogP contribution is 2.40. The van der Waals surface area contributed by atoms with Gasteiger partial charge in [0.15, 0.2) is 0 Å². The zero-order chi connectivity index (χ0) is 14.0. The minimum absolute atomic E-state index is 0.00336. The molecule has 0 aromatic heterocycles. The van der Waals surface area contributed by atoms with Gasteiger partial charge in [-0.3, -0.25) is 4.79 Å². The van der Waals surface area contributed by atoms with Gasteiger partial charge < -0.3 is 9.84 Å². The molecule has 0 amide bonds. The molecule has 104 valence electrons. The number of benzene rings is 1. The molecule has 2 unspecified atom stereocenters. The Bertz CT molecular complexity index is 460. The Hall–Kier alpha value is -0.870. The van der Waals surface area contributed by atoms with Gasteiger partial charge in [-0.1, -0.05) is 54.0 Å². The van der Waals surface area contributed by atoms with E-state index in [1.165, 1.54) is 0 Å². The smallest absolute Gasteiger partial charge is 0.321 e. The van der Waals surface area contributed by atoms with Crippen molar-refractivity contribution in [2.45, 2.75) is 37.6 Å². The number of hydrogen-bond donors (Lipinski definition) is 1. The Morgan fingerprint density at radius 1 is 1.47 bits per heavy atom. The molecule has 0 saturated carbocycles. The molecule has 1 aliphatic rings. The van der Waals surface area contributed by atoms with Gasteiger partial charge >= 0.3 is 5.97 Å². The Balaban J connectivity index is 2.23. The summed E-state index contributed by atoms with van der Waals surface area (Å²) in [6.45, 7) is 5.10. The topological polar surface area (TPSA) is 46.5 Å². The first-order chi connectivity index (χ1) is 8.91. The van der Waals surface area contributed by atoms with E-state index in [-0.39, 0.29) is 11.5 Å². The van der Waals surface area contributed by atoms with E-state index in [0.717, 1.165) is 24.0 Å². The molecular formula is C15H19BrO3. The summed E-state index contributed by atoms with van der Waals surface area (Å²) in [4.78, 5) is 10.5. The standard InChI is InChI=1S/C15H19BrO3/c1-15(2)8-7-12(19-9-15)10-5-3-4-6-11(10)13(16)14(17)18/h3-6,12-13H,7-9H2,1-2H3,(H,17,18). The van der Waals surface area contributed by atoms with Crippen LogP contribution in [0.4, 0.5) is 0 Å². The minimum Gasteiger partial charge on any atom is -0.480 e. The number of carboxylic acid groups (broad SMARTS) is 1. The summed E-state index contributed by atoms with van der Waals surface area (Å²) in [6, 6.07) is 7.62. The molecular weight excluding hydrogens is 308 g/mol. The van der Waals surface area contributed by atoms with E-state index in [4.69, 9.17) is 9.84 Å². The van der Waals surface area contributed by atoms with E-state index >= 15 is 0 Å². The number of hydrogen-bond acceptors (Lipinski definition) is 2. The molecule has 3 nitrogen and oxygen atoms in total. The highest BCUT2D eigenvalue weighted by molar-refractivity contribution is 9.09. The van der Waals surface area contributed by atoms with Crippen LogP contribution in [-0.2, 0) is 9.53 Å². The van der Waals surface area contributed by atoms with Crippen molar-refractivity contribution < 1.29 is 14.6 Å². The van der Waals surface area contributed by atoms with Gasteiger partial charge in [0.05, 0.1) is 12.7 Å². The summed E-state index contributed by atoms with van der Waals surface area (Å²) < 4.78 is 5.94. The average Bonchev–Trinajstić information content (AvgIpc) is 2.38. The Labute approximate surface area is 122 Å². The van der Waals surface area contributed by atoms with Gasteiger partial charge in [-0.05, 0) is 29.4 Å². The normalized spacial score (nSPS) is 23.8. The fraction of sp³-hybridized carbons (Fsp3) is 0.533. The predicted octanol–water partition coefficient (Wildman–Crippen LogP) is 4.08. The van der Waals surface area contributed by atoms with Gasteiger partial charge in [-0.15, -0.1) is 0 Å². The molecule has 1 aromatic carbocycles. The molecule has 2 atom stereocenters. The molecule has 0 radical (unpaired) electrons. The van der Waals surface area contributed by atoms with E-state index in [2.05, 4.69) is 29.8 Å². The molecule has 1 fully saturated rings. The van der Waals surface area contributed by atoms with Crippen LogP contribution < -0.4 is 0 Å². The first kappa shape index (κ1) is 14.5. The number of alkyl halides is 1. The maximum atomic E-state index is 11.2. The summed E-state index contributed by atoms with van der Waals surface area (Å²) in [7, 11) is 0. The van der Waals surface area contributed by atoms with Gasteiger partial charge in [0.1, 0.15) is 4.83 Å². The van der Waals surface area contributed by atoms with Crippen LogP contribution in [0.3, 0.4) is 0 Å². The monoisotopic (exact) mass is 326 g/mol. The molecule has 1 aliphatic heterocycles. The number of carboxylic acids is 1. The number of rotatable bonds is 3. The van der Waals surface area contributed by atoms with Crippen LogP contribution in [-0.4, -0.2) is 17.7 Å². The Kier molecular flexibility index (Phi) is 4.31. The fourth-order valence-corrected chi connectivity index (χ4v) is 2.83. The van der Waals surface area contributed by atoms with Crippen molar-refractivity contribution in [1.82, 2.24) is 0 Å². The number of ether oxygens (including phenoxy) is 1. The third-order valence-electron chi connectivity index (χ3n) is 3.59. The molecule has 0 bridgehead atoms. The molecule has 2 rings (SSSR count). The van der Waals surface area contributed by atoms with Crippen molar-refractivity contribution >= 4 is 21.9 Å². The molecule has 1 saturated heterocycles. The lowest BCUT2D eigenvalue weighted by molar-refractivity contribution is -0.136. The van der Waals surface area contributed by atoms with Crippen LogP contribution in [0.1, 0.15) is 48.7 Å². The lowest BCUT2D eigenvalue weighted by Gasteiger charge is -2.35. The first-order valence-electron chi connectivity index (χ1n) is 6.48. The quantitative estimate of drug-likeness (QED) is 0.851. The lowest BCUT2D eigenvalue weighted by Crippen LogP contribution is -2.28. The van der Waals surface area contributed by atoms with Gasteiger partial charge in [0, 0.05) is 0 Å². The summed E-state index contributed by atoms with van der Waals surface area (Å²) in [5.41, 5.74) is 1.99. The number of carbonyl (C=O) groups is 1. The van der Waals surface area contributed by atoms with Crippen LogP contribution in [0, 0.1) is 5.41 Å². The second-order valence-electron chi connectivity index (χ2n) is 5.83. The van der Waals surface area contributed by atoms with Gasteiger partial charge in [0.2, 0.25) is 0 Å². The van der Waals surface area contributed by atoms with Crippen LogP contribution in [0.15, 0.2) is 24.3 Å². The summed E-state index contributed by atoms with van der Waals surface area (Å²) in [5, 5.41) is 9.15. The molecule has 1 heterocycles. The van der Waals surface area contributed by atoms with Crippen molar-refractivity contribution in [2.24, 2.45) is 5.41 Å². The molecule has 1 N–H and O–H groups in total. The van der Waals surface area contributed by atoms with Crippen LogP contribution in [0.25, 0.3) is 0 Å². The van der Waals surface area contributed by atoms with Crippen LogP contribution in [0.2, 0.25) is 0 Å². The van der Waals surface area contributed by atoms with Crippen molar-refractivity contribution in [1.29, 1.82) is 0 Å². The molecule has 4 heteroatoms. The highest BCUT2D eigenvalue weighted by Gasteiger charge is 2.31. The zero-order valence-electron chi connectivity index (χ0n) is 11.2. The van der Waals surface area contributed by atoms with E-state index in [1.54, 1.807) is 0 Å². The molecule has 19 heavy (non-hydrogen) atoms. The lowest BCUT2D eigenvalue weighted by atomic mass is 9.83. The average molecular weight is 327 g/mol. The van der Waals surface area contributed by atoms with Crippen molar-refractivity contribution in [3.8, 4) is 0 Å². The molecule has 0 aliphatic carbocycles. The largest absolute Gasteiger partial charge is 0.480 e. The summed E-state index contributed by atoms with van der Waals surface area (Å²) in [6.07, 6.45) is 2.03. The molecule has 0 spiro atoms. The second-order valence-corrected chi connectivity index (χ2v) is 6.75. The van der Waals surface area contributed by atoms with E-state index in [9.17, 15) is 4.79 Å². The van der Waals surface area contributed by atoms with Crippen molar-refractivity contribution in [3.05, 3.63) is 35.4 Å².